The minimum atomic E-state index is -1.12. The van der Waals surface area contributed by atoms with Crippen LogP contribution in [0.1, 0.15) is 132 Å². The normalized spacial score (nSPS) is 41.0. The molecule has 7 rings (SSSR count). The summed E-state index contributed by atoms with van der Waals surface area (Å²) in [6, 6.07) is 11.0. The predicted octanol–water partition coefficient (Wildman–Crippen LogP) is 10.3. The number of carboxylic acids is 1. The van der Waals surface area contributed by atoms with Gasteiger partial charge in [0.25, 0.3) is 0 Å². The van der Waals surface area contributed by atoms with Gasteiger partial charge in [-0.3, -0.25) is 14.5 Å². The molecule has 1 aromatic carbocycles. The molecule has 5 aliphatic carbocycles. The zero-order chi connectivity index (χ0) is 38.2. The van der Waals surface area contributed by atoms with Crippen LogP contribution in [-0.2, 0) is 14.3 Å². The van der Waals surface area contributed by atoms with Crippen LogP contribution in [0.4, 0.5) is 5.69 Å². The first-order valence-electron chi connectivity index (χ1n) is 21.5. The van der Waals surface area contributed by atoms with Gasteiger partial charge in [-0.25, -0.2) is 0 Å². The minimum Gasteiger partial charge on any atom is -0.481 e. The highest BCUT2D eigenvalue weighted by Gasteiger charge is 2.71. The number of allylic oxidation sites excluding steroid dienone is 1. The number of carbonyl (C=O) groups is 2. The molecule has 0 bridgehead atoms. The Kier molecular flexibility index (Phi) is 10.1. The molecule has 1 saturated heterocycles. The summed E-state index contributed by atoms with van der Waals surface area (Å²) in [4.78, 5) is 30.2. The van der Waals surface area contributed by atoms with E-state index in [0.717, 1.165) is 50.9 Å². The highest BCUT2D eigenvalue weighted by Crippen LogP contribution is 2.78. The Morgan fingerprint density at radius 3 is 2.21 bits per heavy atom. The van der Waals surface area contributed by atoms with E-state index in [2.05, 4.69) is 88.3 Å². The predicted molar refractivity (Wildman–Crippen MR) is 215 cm³/mol. The number of rotatable bonds is 9. The molecular formula is C47H72N2O4. The van der Waals surface area contributed by atoms with Crippen LogP contribution in [0.25, 0.3) is 0 Å². The first-order valence-corrected chi connectivity index (χ1v) is 21.5. The summed E-state index contributed by atoms with van der Waals surface area (Å²) in [7, 11) is 0. The fourth-order valence-electron chi connectivity index (χ4n) is 14.8. The van der Waals surface area contributed by atoms with Crippen molar-refractivity contribution in [2.24, 2.45) is 62.1 Å². The number of aliphatic carboxylic acids is 1. The van der Waals surface area contributed by atoms with Crippen molar-refractivity contribution in [2.45, 2.75) is 139 Å². The molecule has 53 heavy (non-hydrogen) atoms. The lowest BCUT2D eigenvalue weighted by Gasteiger charge is -2.73. The van der Waals surface area contributed by atoms with Crippen LogP contribution < -0.4 is 4.90 Å². The molecular weight excluding hydrogens is 657 g/mol. The summed E-state index contributed by atoms with van der Waals surface area (Å²) < 4.78 is 6.22. The number of para-hydroxylation sites is 1. The molecule has 0 unspecified atom stereocenters. The van der Waals surface area contributed by atoms with Crippen molar-refractivity contribution in [3.63, 3.8) is 0 Å². The molecule has 0 amide bonds. The third-order valence-electron chi connectivity index (χ3n) is 18.0. The number of carboxylic acid groups (broad SMARTS) is 1. The molecule has 0 aromatic heterocycles. The molecule has 1 aliphatic heterocycles. The van der Waals surface area contributed by atoms with E-state index < -0.39 is 11.4 Å². The third kappa shape index (κ3) is 6.31. The fourth-order valence-corrected chi connectivity index (χ4v) is 14.8. The monoisotopic (exact) mass is 729 g/mol. The molecule has 10 atom stereocenters. The number of ether oxygens (including phenoxy) is 1. The second-order valence-corrected chi connectivity index (χ2v) is 21.2. The summed E-state index contributed by atoms with van der Waals surface area (Å²) in [5.74, 6) is 1.97. The number of carbonyl (C=O) groups excluding carboxylic acids is 1. The third-order valence-corrected chi connectivity index (χ3v) is 18.0. The Morgan fingerprint density at radius 1 is 0.849 bits per heavy atom. The van der Waals surface area contributed by atoms with Crippen LogP contribution in [-0.4, -0.2) is 60.8 Å². The van der Waals surface area contributed by atoms with Gasteiger partial charge in [-0.15, -0.1) is 0 Å². The van der Waals surface area contributed by atoms with Crippen LogP contribution >= 0.6 is 0 Å². The Bertz CT molecular complexity index is 1550. The largest absolute Gasteiger partial charge is 0.481 e. The number of fused-ring (bicyclic) bond motifs is 7. The molecule has 5 saturated carbocycles. The van der Waals surface area contributed by atoms with Gasteiger partial charge in [-0.05, 0) is 161 Å². The van der Waals surface area contributed by atoms with Gasteiger partial charge in [0.2, 0.25) is 0 Å². The molecule has 0 spiro atoms. The number of nitrogens with zero attached hydrogens (tertiary/aromatic N) is 2. The Hall–Kier alpha value is -2.34. The Morgan fingerprint density at radius 2 is 1.55 bits per heavy atom. The van der Waals surface area contributed by atoms with Gasteiger partial charge in [-0.1, -0.05) is 65.0 Å². The van der Waals surface area contributed by atoms with E-state index in [1.165, 1.54) is 75.6 Å². The number of anilines is 1. The maximum Gasteiger partial charge on any atom is 0.309 e. The summed E-state index contributed by atoms with van der Waals surface area (Å²) in [5.41, 5.74) is 2.76. The molecule has 6 fully saturated rings. The van der Waals surface area contributed by atoms with E-state index in [-0.39, 0.29) is 34.7 Å². The van der Waals surface area contributed by atoms with E-state index in [9.17, 15) is 14.7 Å². The van der Waals surface area contributed by atoms with E-state index >= 15 is 0 Å². The van der Waals surface area contributed by atoms with Crippen molar-refractivity contribution in [3.05, 3.63) is 42.5 Å². The molecule has 1 heterocycles. The first kappa shape index (κ1) is 38.9. The average Bonchev–Trinajstić information content (AvgIpc) is 3.49. The van der Waals surface area contributed by atoms with Gasteiger partial charge in [0, 0.05) is 37.3 Å². The number of benzene rings is 1. The topological polar surface area (TPSA) is 70.1 Å². The molecule has 0 radical (unpaired) electrons. The average molecular weight is 729 g/mol. The van der Waals surface area contributed by atoms with E-state index in [1.54, 1.807) is 13.8 Å². The number of hydrogen-bond acceptors (Lipinski definition) is 5. The molecule has 6 heteroatoms. The van der Waals surface area contributed by atoms with Gasteiger partial charge >= 0.3 is 11.9 Å². The highest BCUT2D eigenvalue weighted by atomic mass is 16.5. The van der Waals surface area contributed by atoms with Gasteiger partial charge < -0.3 is 14.7 Å². The minimum absolute atomic E-state index is 0.0873. The van der Waals surface area contributed by atoms with Crippen molar-refractivity contribution in [1.29, 1.82) is 0 Å². The SMILES string of the molecule is C=C(C)[C@@H]1CC[C@]2(CCN3CCN(c4ccccc4)CC3)CC[C@]3(C)[C@H](CC[C@@H]4[C@@]5(C)CC[C@H](OC(=O)CC(C)(C)C(=O)O)C(C)(C)[C@@H]5CC[C@]43C)[C@@H]12. The zero-order valence-electron chi connectivity index (χ0n) is 34.6. The van der Waals surface area contributed by atoms with Crippen LogP contribution in [0.2, 0.25) is 0 Å². The highest BCUT2D eigenvalue weighted by molar-refractivity contribution is 5.81. The maximum absolute atomic E-state index is 13.1. The number of piperazine rings is 1. The Balaban J connectivity index is 1.07. The summed E-state index contributed by atoms with van der Waals surface area (Å²) in [5, 5.41) is 9.64. The van der Waals surface area contributed by atoms with E-state index in [0.29, 0.717) is 28.6 Å². The van der Waals surface area contributed by atoms with Crippen molar-refractivity contribution >= 4 is 17.6 Å². The van der Waals surface area contributed by atoms with Gasteiger partial charge in [0.05, 0.1) is 11.8 Å². The molecule has 294 valence electrons. The van der Waals surface area contributed by atoms with Crippen molar-refractivity contribution in [1.82, 2.24) is 4.90 Å². The number of hydrogen-bond donors (Lipinski definition) is 1. The van der Waals surface area contributed by atoms with Crippen molar-refractivity contribution < 1.29 is 19.4 Å². The smallest absolute Gasteiger partial charge is 0.309 e. The number of esters is 1. The second-order valence-electron chi connectivity index (χ2n) is 21.2. The molecule has 1 N–H and O–H groups in total. The Labute approximate surface area is 321 Å². The lowest BCUT2D eigenvalue weighted by atomic mass is 9.32. The quantitative estimate of drug-likeness (QED) is 0.202. The standard InChI is InChI=1S/C47H72N2O4/c1-32(2)34-17-22-47(25-26-48-27-29-49(30-28-48)33-13-11-10-12-14-33)24-23-45(8)35(40(34)47)15-16-37-44(7)20-19-38(53-39(50)31-42(3,4)41(51)52)43(5,6)36(44)18-21-46(37,45)9/h10-14,34-38,40H,1,15-31H2,2-9H3,(H,51,52)/t34-,35+,36-,37+,38-,40+,44-,45+,46+,47+/m0/s1. The molecule has 1 aromatic rings. The van der Waals surface area contributed by atoms with Crippen molar-refractivity contribution in [3.8, 4) is 0 Å². The molecule has 6 nitrogen and oxygen atoms in total. The lowest BCUT2D eigenvalue weighted by Crippen LogP contribution is -2.66. The van der Waals surface area contributed by atoms with E-state index in [4.69, 9.17) is 4.74 Å². The second kappa shape index (κ2) is 13.7. The molecule has 6 aliphatic rings. The summed E-state index contributed by atoms with van der Waals surface area (Å²) in [6.45, 7) is 28.8. The van der Waals surface area contributed by atoms with E-state index in [1.807, 2.05) is 0 Å². The first-order chi connectivity index (χ1) is 24.9. The summed E-state index contributed by atoms with van der Waals surface area (Å²) in [6.07, 6.45) is 13.6. The lowest BCUT2D eigenvalue weighted by molar-refractivity contribution is -0.250. The van der Waals surface area contributed by atoms with Gasteiger partial charge in [0.1, 0.15) is 6.10 Å². The van der Waals surface area contributed by atoms with Crippen LogP contribution in [0, 0.1) is 62.1 Å². The van der Waals surface area contributed by atoms with Gasteiger partial charge in [0.15, 0.2) is 0 Å². The van der Waals surface area contributed by atoms with Crippen LogP contribution in [0.3, 0.4) is 0 Å². The fraction of sp³-hybridized carbons (Fsp3) is 0.787. The summed E-state index contributed by atoms with van der Waals surface area (Å²) >= 11 is 0. The zero-order valence-corrected chi connectivity index (χ0v) is 34.6. The van der Waals surface area contributed by atoms with Crippen molar-refractivity contribution in [2.75, 3.05) is 37.6 Å². The van der Waals surface area contributed by atoms with Gasteiger partial charge in [-0.2, -0.15) is 0 Å². The maximum atomic E-state index is 13.1. The van der Waals surface area contributed by atoms with Crippen LogP contribution in [0.15, 0.2) is 42.5 Å². The van der Waals surface area contributed by atoms with Crippen LogP contribution in [0.5, 0.6) is 0 Å².